The molecule has 0 unspecified atom stereocenters. The Morgan fingerprint density at radius 3 is 2.36 bits per heavy atom. The Labute approximate surface area is 83.8 Å². The Balaban J connectivity index is 2.43. The molecule has 1 saturated heterocycles. The van der Waals surface area contributed by atoms with Crippen LogP contribution in [0.5, 0.6) is 0 Å². The van der Waals surface area contributed by atoms with Gasteiger partial charge in [0.05, 0.1) is 0 Å². The van der Waals surface area contributed by atoms with Crippen LogP contribution in [0.4, 0.5) is 0 Å². The largest absolute Gasteiger partial charge is 0.369 e. The second-order valence-corrected chi connectivity index (χ2v) is 3.50. The molecular weight excluding hydrogens is 180 g/mol. The fourth-order valence-electron chi connectivity index (χ4n) is 1.63. The summed E-state index contributed by atoms with van der Waals surface area (Å²) in [6.45, 7) is 3.08. The number of nitrogens with two attached hydrogens (primary N) is 1. The highest BCUT2D eigenvalue weighted by atomic mass is 16.2. The lowest BCUT2D eigenvalue weighted by atomic mass is 9.96. The van der Waals surface area contributed by atoms with Crippen molar-refractivity contribution in [3.05, 3.63) is 12.2 Å². The zero-order chi connectivity index (χ0) is 10.6. The molecule has 0 atom stereocenters. The number of allylic oxidation sites excluding steroid dienone is 1. The molecule has 1 aliphatic rings. The van der Waals surface area contributed by atoms with Crippen LogP contribution in [0.25, 0.3) is 0 Å². The van der Waals surface area contributed by atoms with Gasteiger partial charge >= 0.3 is 0 Å². The van der Waals surface area contributed by atoms with Gasteiger partial charge in [0.25, 0.3) is 0 Å². The quantitative estimate of drug-likeness (QED) is 0.645. The van der Waals surface area contributed by atoms with Crippen molar-refractivity contribution in [2.45, 2.75) is 19.8 Å². The third-order valence-corrected chi connectivity index (χ3v) is 2.52. The van der Waals surface area contributed by atoms with Crippen molar-refractivity contribution in [1.29, 1.82) is 0 Å². The van der Waals surface area contributed by atoms with E-state index in [-0.39, 0.29) is 17.7 Å². The lowest BCUT2D eigenvalue weighted by molar-refractivity contribution is -0.130. The molecule has 0 aromatic heterocycles. The second-order valence-electron chi connectivity index (χ2n) is 3.50. The van der Waals surface area contributed by atoms with Gasteiger partial charge in [0.15, 0.2) is 0 Å². The summed E-state index contributed by atoms with van der Waals surface area (Å²) in [7, 11) is 0. The Kier molecular flexibility index (Phi) is 3.68. The van der Waals surface area contributed by atoms with Crippen LogP contribution >= 0.6 is 0 Å². The molecule has 0 radical (unpaired) electrons. The normalized spacial score (nSPS) is 18.8. The second kappa shape index (κ2) is 4.79. The van der Waals surface area contributed by atoms with Gasteiger partial charge in [-0.25, -0.2) is 0 Å². The minimum absolute atomic E-state index is 0.0235. The molecule has 0 aromatic rings. The number of hydrogen-bond donors (Lipinski definition) is 1. The average Bonchev–Trinajstić information content (AvgIpc) is 2.18. The van der Waals surface area contributed by atoms with E-state index in [1.807, 2.05) is 6.92 Å². The molecule has 0 bridgehead atoms. The maximum atomic E-state index is 11.4. The van der Waals surface area contributed by atoms with Gasteiger partial charge in [-0.1, -0.05) is 6.08 Å². The van der Waals surface area contributed by atoms with E-state index in [9.17, 15) is 9.59 Å². The molecule has 1 fully saturated rings. The Hall–Kier alpha value is -1.32. The lowest BCUT2D eigenvalue weighted by Gasteiger charge is -2.29. The summed E-state index contributed by atoms with van der Waals surface area (Å²) in [4.78, 5) is 24.0. The Morgan fingerprint density at radius 1 is 1.36 bits per heavy atom. The summed E-state index contributed by atoms with van der Waals surface area (Å²) in [6.07, 6.45) is 4.66. The number of piperidine rings is 1. The Morgan fingerprint density at radius 2 is 1.93 bits per heavy atom. The van der Waals surface area contributed by atoms with E-state index in [2.05, 4.69) is 0 Å². The van der Waals surface area contributed by atoms with Crippen LogP contribution in [-0.4, -0.2) is 29.8 Å². The van der Waals surface area contributed by atoms with E-state index < -0.39 is 0 Å². The van der Waals surface area contributed by atoms with E-state index in [1.54, 1.807) is 17.1 Å². The van der Waals surface area contributed by atoms with E-state index in [0.29, 0.717) is 25.9 Å². The van der Waals surface area contributed by atoms with Crippen LogP contribution in [0, 0.1) is 5.92 Å². The predicted octanol–water partition coefficient (Wildman–Crippen LogP) is 0.286. The molecule has 0 aliphatic carbocycles. The summed E-state index contributed by atoms with van der Waals surface area (Å²) in [5.74, 6) is -0.275. The van der Waals surface area contributed by atoms with Crippen molar-refractivity contribution in [2.75, 3.05) is 13.1 Å². The number of hydrogen-bond acceptors (Lipinski definition) is 2. The summed E-state index contributed by atoms with van der Waals surface area (Å²) in [6, 6.07) is 0. The molecule has 14 heavy (non-hydrogen) atoms. The minimum Gasteiger partial charge on any atom is -0.369 e. The van der Waals surface area contributed by atoms with Crippen LogP contribution < -0.4 is 5.73 Å². The van der Waals surface area contributed by atoms with Crippen molar-refractivity contribution < 1.29 is 9.59 Å². The van der Waals surface area contributed by atoms with Gasteiger partial charge in [0, 0.05) is 19.0 Å². The molecule has 78 valence electrons. The molecule has 0 spiro atoms. The number of carbonyl (C=O) groups excluding carboxylic acids is 2. The van der Waals surface area contributed by atoms with E-state index in [1.165, 1.54) is 0 Å². The molecule has 2 N–H and O–H groups in total. The first-order chi connectivity index (χ1) is 6.65. The predicted molar refractivity (Wildman–Crippen MR) is 53.3 cm³/mol. The Bertz CT molecular complexity index is 253. The standard InChI is InChI=1S/C10H16N2O2/c1-2-3-9(13)12-6-4-8(5-7-12)10(11)14/h2-3,8H,4-7H2,1H3,(H2,11,14)/b3-2+. The first-order valence-corrected chi connectivity index (χ1v) is 4.86. The van der Waals surface area contributed by atoms with Gasteiger partial charge in [0.2, 0.25) is 11.8 Å². The molecule has 1 aliphatic heterocycles. The molecular formula is C10H16N2O2. The monoisotopic (exact) mass is 196 g/mol. The summed E-state index contributed by atoms with van der Waals surface area (Å²) < 4.78 is 0. The summed E-state index contributed by atoms with van der Waals surface area (Å²) >= 11 is 0. The molecule has 0 saturated carbocycles. The summed E-state index contributed by atoms with van der Waals surface area (Å²) in [5, 5.41) is 0. The highest BCUT2D eigenvalue weighted by Crippen LogP contribution is 2.16. The number of primary amides is 1. The highest BCUT2D eigenvalue weighted by molar-refractivity contribution is 5.87. The molecule has 4 heteroatoms. The first-order valence-electron chi connectivity index (χ1n) is 4.86. The number of rotatable bonds is 2. The van der Waals surface area contributed by atoms with Crippen LogP contribution in [0.15, 0.2) is 12.2 Å². The third kappa shape index (κ3) is 2.58. The fourth-order valence-corrected chi connectivity index (χ4v) is 1.63. The minimum atomic E-state index is -0.247. The van der Waals surface area contributed by atoms with Crippen molar-refractivity contribution in [2.24, 2.45) is 11.7 Å². The highest BCUT2D eigenvalue weighted by Gasteiger charge is 2.24. The lowest BCUT2D eigenvalue weighted by Crippen LogP contribution is -2.41. The molecule has 1 heterocycles. The molecule has 2 amide bonds. The SMILES string of the molecule is C/C=C/C(=O)N1CCC(C(N)=O)CC1. The molecule has 0 aromatic carbocycles. The van der Waals surface area contributed by atoms with Crippen LogP contribution in [0.1, 0.15) is 19.8 Å². The number of nitrogens with zero attached hydrogens (tertiary/aromatic N) is 1. The van der Waals surface area contributed by atoms with Gasteiger partial charge in [-0.15, -0.1) is 0 Å². The number of amides is 2. The van der Waals surface area contributed by atoms with Crippen LogP contribution in [-0.2, 0) is 9.59 Å². The van der Waals surface area contributed by atoms with Crippen molar-refractivity contribution in [3.8, 4) is 0 Å². The third-order valence-electron chi connectivity index (χ3n) is 2.52. The van der Waals surface area contributed by atoms with Crippen molar-refractivity contribution in [1.82, 2.24) is 4.90 Å². The van der Waals surface area contributed by atoms with Crippen LogP contribution in [0.2, 0.25) is 0 Å². The topological polar surface area (TPSA) is 63.4 Å². The number of carbonyl (C=O) groups is 2. The average molecular weight is 196 g/mol. The van der Waals surface area contributed by atoms with Gasteiger partial charge in [-0.05, 0) is 25.8 Å². The molecule has 4 nitrogen and oxygen atoms in total. The van der Waals surface area contributed by atoms with E-state index in [0.717, 1.165) is 0 Å². The fraction of sp³-hybridized carbons (Fsp3) is 0.600. The van der Waals surface area contributed by atoms with Crippen molar-refractivity contribution in [3.63, 3.8) is 0 Å². The van der Waals surface area contributed by atoms with Gasteiger partial charge in [-0.2, -0.15) is 0 Å². The first kappa shape index (κ1) is 10.8. The maximum Gasteiger partial charge on any atom is 0.246 e. The maximum absolute atomic E-state index is 11.4. The summed E-state index contributed by atoms with van der Waals surface area (Å²) in [5.41, 5.74) is 5.19. The van der Waals surface area contributed by atoms with Gasteiger partial charge < -0.3 is 10.6 Å². The smallest absolute Gasteiger partial charge is 0.246 e. The van der Waals surface area contributed by atoms with Gasteiger partial charge in [0.1, 0.15) is 0 Å². The van der Waals surface area contributed by atoms with Gasteiger partial charge in [-0.3, -0.25) is 9.59 Å². The van der Waals surface area contributed by atoms with Crippen LogP contribution in [0.3, 0.4) is 0 Å². The van der Waals surface area contributed by atoms with E-state index >= 15 is 0 Å². The zero-order valence-corrected chi connectivity index (χ0v) is 8.40. The number of likely N-dealkylation sites (tertiary alicyclic amines) is 1. The van der Waals surface area contributed by atoms with Crippen molar-refractivity contribution >= 4 is 11.8 Å². The molecule has 1 rings (SSSR count). The van der Waals surface area contributed by atoms with E-state index in [4.69, 9.17) is 5.73 Å². The zero-order valence-electron chi connectivity index (χ0n) is 8.40.